The molecular formula is C21H30N4O5. The second-order valence-corrected chi connectivity index (χ2v) is 7.60. The fourth-order valence-corrected chi connectivity index (χ4v) is 3.15. The summed E-state index contributed by atoms with van der Waals surface area (Å²) in [6.45, 7) is 5.02. The molecule has 5 unspecified atom stereocenters. The van der Waals surface area contributed by atoms with E-state index in [1.165, 1.54) is 6.92 Å². The minimum absolute atomic E-state index is 0.0916. The van der Waals surface area contributed by atoms with Crippen LogP contribution in [0.2, 0.25) is 0 Å². The van der Waals surface area contributed by atoms with Gasteiger partial charge in [-0.05, 0) is 24.5 Å². The first kappa shape index (κ1) is 23.4. The molecule has 0 aliphatic rings. The van der Waals surface area contributed by atoms with Crippen molar-refractivity contribution in [3.05, 3.63) is 36.0 Å². The van der Waals surface area contributed by atoms with Crippen molar-refractivity contribution in [1.82, 2.24) is 15.6 Å². The molecule has 2 rings (SSSR count). The lowest BCUT2D eigenvalue weighted by Crippen LogP contribution is -2.57. The zero-order valence-electron chi connectivity index (χ0n) is 17.4. The van der Waals surface area contributed by atoms with E-state index in [0.717, 1.165) is 16.5 Å². The Morgan fingerprint density at radius 3 is 2.40 bits per heavy atom. The number of hydrogen-bond acceptors (Lipinski definition) is 5. The van der Waals surface area contributed by atoms with Crippen molar-refractivity contribution in [2.75, 3.05) is 0 Å². The summed E-state index contributed by atoms with van der Waals surface area (Å²) in [5.41, 5.74) is 7.66. The molecule has 1 aromatic carbocycles. The number of para-hydroxylation sites is 1. The molecule has 2 amide bonds. The molecule has 9 nitrogen and oxygen atoms in total. The number of rotatable bonds is 10. The van der Waals surface area contributed by atoms with Crippen molar-refractivity contribution in [3.63, 3.8) is 0 Å². The smallest absolute Gasteiger partial charge is 0.328 e. The molecule has 0 bridgehead atoms. The number of aromatic amines is 1. The standard InChI is InChI=1S/C21H30N4O5/c1-4-11(2)17(22)20(28)24-16(19(27)25-18(12(3)26)21(29)30)9-13-10-23-15-8-6-5-7-14(13)15/h5-8,10-12,16-18,23,26H,4,9,22H2,1-3H3,(H,24,28)(H,25,27)(H,29,30). The Bertz CT molecular complexity index is 894. The average molecular weight is 418 g/mol. The highest BCUT2D eigenvalue weighted by Gasteiger charge is 2.31. The van der Waals surface area contributed by atoms with Crippen LogP contribution in [0.5, 0.6) is 0 Å². The van der Waals surface area contributed by atoms with Gasteiger partial charge in [-0.3, -0.25) is 9.59 Å². The van der Waals surface area contributed by atoms with Crippen molar-refractivity contribution < 1.29 is 24.6 Å². The Hall–Kier alpha value is -2.91. The third-order valence-corrected chi connectivity index (χ3v) is 5.34. The number of H-pyrrole nitrogens is 1. The molecule has 0 spiro atoms. The minimum atomic E-state index is -1.50. The first-order valence-electron chi connectivity index (χ1n) is 9.97. The fraction of sp³-hybridized carbons (Fsp3) is 0.476. The SMILES string of the molecule is CCC(C)C(N)C(=O)NC(Cc1c[nH]c2ccccc12)C(=O)NC(C(=O)O)C(C)O. The molecule has 0 saturated heterocycles. The number of aliphatic carboxylic acids is 1. The van der Waals surface area contributed by atoms with Crippen molar-refractivity contribution >= 4 is 28.7 Å². The van der Waals surface area contributed by atoms with Gasteiger partial charge in [0.25, 0.3) is 0 Å². The minimum Gasteiger partial charge on any atom is -0.480 e. The number of carboxylic acid groups (broad SMARTS) is 1. The first-order chi connectivity index (χ1) is 14.1. The number of carbonyl (C=O) groups excluding carboxylic acids is 2. The third kappa shape index (κ3) is 5.58. The normalized spacial score (nSPS) is 16.3. The van der Waals surface area contributed by atoms with E-state index in [1.807, 2.05) is 38.1 Å². The summed E-state index contributed by atoms with van der Waals surface area (Å²) in [4.78, 5) is 40.0. The quantitative estimate of drug-likeness (QED) is 0.330. The highest BCUT2D eigenvalue weighted by Crippen LogP contribution is 2.19. The lowest BCUT2D eigenvalue weighted by Gasteiger charge is -2.25. The van der Waals surface area contributed by atoms with Gasteiger partial charge in [-0.25, -0.2) is 4.79 Å². The van der Waals surface area contributed by atoms with Crippen LogP contribution in [0.1, 0.15) is 32.8 Å². The average Bonchev–Trinajstić information content (AvgIpc) is 3.12. The summed E-state index contributed by atoms with van der Waals surface area (Å²) in [7, 11) is 0. The van der Waals surface area contributed by atoms with Gasteiger partial charge in [-0.15, -0.1) is 0 Å². The summed E-state index contributed by atoms with van der Waals surface area (Å²) in [6, 6.07) is 4.15. The Morgan fingerprint density at radius 2 is 1.80 bits per heavy atom. The molecule has 0 aliphatic heterocycles. The van der Waals surface area contributed by atoms with E-state index in [2.05, 4.69) is 15.6 Å². The van der Waals surface area contributed by atoms with E-state index in [4.69, 9.17) is 5.73 Å². The molecule has 1 aromatic heterocycles. The zero-order chi connectivity index (χ0) is 22.4. The van der Waals surface area contributed by atoms with Gasteiger partial charge in [-0.1, -0.05) is 38.5 Å². The van der Waals surface area contributed by atoms with Gasteiger partial charge < -0.3 is 31.6 Å². The summed E-state index contributed by atoms with van der Waals surface area (Å²) in [6.07, 6.45) is 1.26. The number of carbonyl (C=O) groups is 3. The lowest BCUT2D eigenvalue weighted by molar-refractivity contribution is -0.145. The lowest BCUT2D eigenvalue weighted by atomic mass is 9.98. The van der Waals surface area contributed by atoms with Gasteiger partial charge in [0.1, 0.15) is 6.04 Å². The number of nitrogens with one attached hydrogen (secondary N) is 3. The van der Waals surface area contributed by atoms with Crippen molar-refractivity contribution in [2.24, 2.45) is 11.7 Å². The van der Waals surface area contributed by atoms with E-state index in [1.54, 1.807) is 6.20 Å². The van der Waals surface area contributed by atoms with Gasteiger partial charge in [0, 0.05) is 23.5 Å². The molecule has 0 saturated carbocycles. The number of hydrogen-bond donors (Lipinski definition) is 6. The largest absolute Gasteiger partial charge is 0.480 e. The van der Waals surface area contributed by atoms with E-state index in [0.29, 0.717) is 6.42 Å². The van der Waals surface area contributed by atoms with Gasteiger partial charge >= 0.3 is 5.97 Å². The van der Waals surface area contributed by atoms with Crippen LogP contribution in [-0.4, -0.2) is 57.2 Å². The molecule has 5 atom stereocenters. The predicted octanol–water partition coefficient (Wildman–Crippen LogP) is 0.519. The molecular weight excluding hydrogens is 388 g/mol. The van der Waals surface area contributed by atoms with Crippen molar-refractivity contribution in [2.45, 2.75) is 57.8 Å². The monoisotopic (exact) mass is 418 g/mol. The maximum absolute atomic E-state index is 12.9. The number of amides is 2. The second kappa shape index (κ2) is 10.2. The number of benzene rings is 1. The third-order valence-electron chi connectivity index (χ3n) is 5.34. The van der Waals surface area contributed by atoms with E-state index in [-0.39, 0.29) is 12.3 Å². The number of carboxylic acids is 1. The number of nitrogens with two attached hydrogens (primary N) is 1. The molecule has 164 valence electrons. The summed E-state index contributed by atoms with van der Waals surface area (Å²) < 4.78 is 0. The highest BCUT2D eigenvalue weighted by molar-refractivity contribution is 5.93. The Balaban J connectivity index is 2.28. The van der Waals surface area contributed by atoms with Crippen LogP contribution in [0.3, 0.4) is 0 Å². The molecule has 2 aromatic rings. The van der Waals surface area contributed by atoms with Crippen molar-refractivity contribution in [1.29, 1.82) is 0 Å². The van der Waals surface area contributed by atoms with E-state index in [9.17, 15) is 24.6 Å². The fourth-order valence-electron chi connectivity index (χ4n) is 3.15. The van der Waals surface area contributed by atoms with Crippen LogP contribution < -0.4 is 16.4 Å². The molecule has 7 N–H and O–H groups in total. The molecule has 9 heteroatoms. The maximum atomic E-state index is 12.9. The van der Waals surface area contributed by atoms with Gasteiger partial charge in [0.15, 0.2) is 6.04 Å². The van der Waals surface area contributed by atoms with Gasteiger partial charge in [0.05, 0.1) is 12.1 Å². The Kier molecular flexibility index (Phi) is 7.96. The van der Waals surface area contributed by atoms with Gasteiger partial charge in [-0.2, -0.15) is 0 Å². The second-order valence-electron chi connectivity index (χ2n) is 7.60. The predicted molar refractivity (Wildman–Crippen MR) is 113 cm³/mol. The topological polar surface area (TPSA) is 158 Å². The Morgan fingerprint density at radius 1 is 1.13 bits per heavy atom. The maximum Gasteiger partial charge on any atom is 0.328 e. The van der Waals surface area contributed by atoms with Crippen LogP contribution in [0, 0.1) is 5.92 Å². The van der Waals surface area contributed by atoms with Crippen LogP contribution >= 0.6 is 0 Å². The van der Waals surface area contributed by atoms with Gasteiger partial charge in [0.2, 0.25) is 11.8 Å². The molecule has 0 fully saturated rings. The zero-order valence-corrected chi connectivity index (χ0v) is 17.4. The molecule has 0 radical (unpaired) electrons. The van der Waals surface area contributed by atoms with Crippen LogP contribution in [-0.2, 0) is 20.8 Å². The number of aliphatic hydroxyl groups is 1. The highest BCUT2D eigenvalue weighted by atomic mass is 16.4. The summed E-state index contributed by atoms with van der Waals surface area (Å²) in [5.74, 6) is -2.66. The van der Waals surface area contributed by atoms with E-state index >= 15 is 0 Å². The first-order valence-corrected chi connectivity index (χ1v) is 9.97. The number of aromatic nitrogens is 1. The van der Waals surface area contributed by atoms with Crippen LogP contribution in [0.4, 0.5) is 0 Å². The number of aliphatic hydroxyl groups excluding tert-OH is 1. The summed E-state index contributed by atoms with van der Waals surface area (Å²) in [5, 5.41) is 24.8. The van der Waals surface area contributed by atoms with Crippen LogP contribution in [0.15, 0.2) is 30.5 Å². The van der Waals surface area contributed by atoms with Crippen molar-refractivity contribution in [3.8, 4) is 0 Å². The molecule has 0 aliphatic carbocycles. The summed E-state index contributed by atoms with van der Waals surface area (Å²) >= 11 is 0. The Labute approximate surface area is 175 Å². The molecule has 1 heterocycles. The van der Waals surface area contributed by atoms with Crippen LogP contribution in [0.25, 0.3) is 10.9 Å². The van der Waals surface area contributed by atoms with E-state index < -0.39 is 42.0 Å². The number of fused-ring (bicyclic) bond motifs is 1. The molecule has 30 heavy (non-hydrogen) atoms.